The van der Waals surface area contributed by atoms with Gasteiger partial charge in [-0.1, -0.05) is 42.1 Å². The highest BCUT2D eigenvalue weighted by Crippen LogP contribution is 2.19. The molecule has 0 radical (unpaired) electrons. The molecule has 0 spiro atoms. The van der Waals surface area contributed by atoms with E-state index in [9.17, 15) is 17.1 Å². The Hall–Kier alpha value is -0.753. The fourth-order valence-corrected chi connectivity index (χ4v) is 2.29. The summed E-state index contributed by atoms with van der Waals surface area (Å²) in [5, 5.41) is -1.52. The fraction of sp³-hybridized carbons (Fsp3) is 0.125. The van der Waals surface area contributed by atoms with Gasteiger partial charge in [0, 0.05) is 5.56 Å². The SMILES string of the molecule is O=C(SC[Si](F)(F)F)c1ccccc1. The molecule has 76 valence electrons. The van der Waals surface area contributed by atoms with E-state index in [0.717, 1.165) is 0 Å². The quantitative estimate of drug-likeness (QED) is 0.593. The number of thioether (sulfide) groups is 1. The molecule has 0 fully saturated rings. The first-order valence-electron chi connectivity index (χ1n) is 3.78. The van der Waals surface area contributed by atoms with E-state index in [1.54, 1.807) is 18.2 Å². The van der Waals surface area contributed by atoms with Crippen LogP contribution in [0.1, 0.15) is 10.4 Å². The average Bonchev–Trinajstić information content (AvgIpc) is 2.14. The van der Waals surface area contributed by atoms with E-state index >= 15 is 0 Å². The average molecular weight is 236 g/mol. The van der Waals surface area contributed by atoms with Crippen LogP contribution < -0.4 is 0 Å². The van der Waals surface area contributed by atoms with Crippen LogP contribution in [0.4, 0.5) is 12.3 Å². The molecule has 0 N–H and O–H groups in total. The predicted molar refractivity (Wildman–Crippen MR) is 52.3 cm³/mol. The lowest BCUT2D eigenvalue weighted by atomic mass is 10.2. The van der Waals surface area contributed by atoms with Gasteiger partial charge in [-0.3, -0.25) is 4.79 Å². The summed E-state index contributed by atoms with van der Waals surface area (Å²) >= 11 is 0.334. The van der Waals surface area contributed by atoms with Gasteiger partial charge < -0.3 is 0 Å². The van der Waals surface area contributed by atoms with Gasteiger partial charge in [0.2, 0.25) is 5.12 Å². The van der Waals surface area contributed by atoms with Crippen LogP contribution in [0.25, 0.3) is 0 Å². The van der Waals surface area contributed by atoms with Crippen LogP contribution >= 0.6 is 11.8 Å². The minimum Gasteiger partial charge on any atom is -0.282 e. The molecule has 0 heterocycles. The summed E-state index contributed by atoms with van der Waals surface area (Å²) in [7, 11) is -5.61. The lowest BCUT2D eigenvalue weighted by molar-refractivity contribution is 0.108. The van der Waals surface area contributed by atoms with Crippen molar-refractivity contribution in [1.82, 2.24) is 0 Å². The predicted octanol–water partition coefficient (Wildman–Crippen LogP) is 2.95. The molecule has 6 heteroatoms. The Morgan fingerprint density at radius 3 is 2.29 bits per heavy atom. The molecule has 0 amide bonds. The summed E-state index contributed by atoms with van der Waals surface area (Å²) in [4.78, 5) is 11.2. The molecule has 14 heavy (non-hydrogen) atoms. The Bertz CT molecular complexity index is 312. The van der Waals surface area contributed by atoms with Gasteiger partial charge in [0.05, 0.1) is 5.38 Å². The maximum absolute atomic E-state index is 11.9. The van der Waals surface area contributed by atoms with Crippen LogP contribution in [0, 0.1) is 0 Å². The second kappa shape index (κ2) is 4.65. The van der Waals surface area contributed by atoms with Crippen molar-refractivity contribution in [3.63, 3.8) is 0 Å². The standard InChI is InChI=1S/C8H7F3OSSi/c9-14(10,11)6-13-8(12)7-4-2-1-3-5-7/h1-5H,6H2. The lowest BCUT2D eigenvalue weighted by Gasteiger charge is -2.01. The molecule has 0 aliphatic rings. The van der Waals surface area contributed by atoms with Gasteiger partial charge in [-0.15, -0.1) is 0 Å². The summed E-state index contributed by atoms with van der Waals surface area (Å²) in [5.41, 5.74) is 0.316. The molecule has 0 saturated carbocycles. The maximum Gasteiger partial charge on any atom is 0.627 e. The third-order valence-electron chi connectivity index (χ3n) is 1.38. The molecule has 1 nitrogen and oxygen atoms in total. The van der Waals surface area contributed by atoms with Crippen molar-refractivity contribution in [2.75, 3.05) is 5.38 Å². The number of hydrogen-bond donors (Lipinski definition) is 0. The molecule has 0 aliphatic heterocycles. The number of hydrogen-bond acceptors (Lipinski definition) is 2. The number of carbonyl (C=O) groups is 1. The molecule has 1 aromatic rings. The first kappa shape index (κ1) is 11.3. The fourth-order valence-electron chi connectivity index (χ4n) is 0.805. The topological polar surface area (TPSA) is 17.1 Å². The smallest absolute Gasteiger partial charge is 0.282 e. The monoisotopic (exact) mass is 236 g/mol. The third-order valence-corrected chi connectivity index (χ3v) is 3.76. The second-order valence-corrected chi connectivity index (χ2v) is 5.60. The minimum absolute atomic E-state index is 0.316. The highest BCUT2D eigenvalue weighted by atomic mass is 32.2. The van der Waals surface area contributed by atoms with Crippen LogP contribution in [0.5, 0.6) is 0 Å². The normalized spacial score (nSPS) is 11.4. The first-order chi connectivity index (χ1) is 6.49. The van der Waals surface area contributed by atoms with E-state index in [-0.39, 0.29) is 0 Å². The van der Waals surface area contributed by atoms with Gasteiger partial charge >= 0.3 is 9.08 Å². The Labute approximate surface area is 84.8 Å². The van der Waals surface area contributed by atoms with Crippen LogP contribution in [0.15, 0.2) is 30.3 Å². The first-order valence-corrected chi connectivity index (χ1v) is 6.60. The molecular formula is C8H7F3OSSi. The van der Waals surface area contributed by atoms with Gasteiger partial charge in [-0.25, -0.2) is 12.3 Å². The van der Waals surface area contributed by atoms with E-state index in [1.807, 2.05) is 0 Å². The summed E-state index contributed by atoms with van der Waals surface area (Å²) < 4.78 is 35.7. The zero-order valence-corrected chi connectivity index (χ0v) is 8.86. The number of rotatable bonds is 3. The van der Waals surface area contributed by atoms with Crippen molar-refractivity contribution in [3.8, 4) is 0 Å². The van der Waals surface area contributed by atoms with Crippen LogP contribution in [-0.4, -0.2) is 19.6 Å². The van der Waals surface area contributed by atoms with Crippen molar-refractivity contribution >= 4 is 26.0 Å². The Kier molecular flexibility index (Phi) is 3.76. The highest BCUT2D eigenvalue weighted by Gasteiger charge is 2.37. The summed E-state index contributed by atoms with van der Waals surface area (Å²) in [6.45, 7) is 0. The molecule has 0 unspecified atom stereocenters. The van der Waals surface area contributed by atoms with Crippen molar-refractivity contribution < 1.29 is 17.1 Å². The van der Waals surface area contributed by atoms with Crippen LogP contribution in [0.3, 0.4) is 0 Å². The molecule has 0 atom stereocenters. The van der Waals surface area contributed by atoms with Crippen molar-refractivity contribution in [2.45, 2.75) is 0 Å². The van der Waals surface area contributed by atoms with E-state index in [2.05, 4.69) is 0 Å². The van der Waals surface area contributed by atoms with Gasteiger partial charge in [0.1, 0.15) is 0 Å². The molecule has 0 saturated heterocycles. The molecule has 1 aromatic carbocycles. The molecule has 1 rings (SSSR count). The van der Waals surface area contributed by atoms with Gasteiger partial charge in [0.25, 0.3) is 0 Å². The van der Waals surface area contributed by atoms with Crippen molar-refractivity contribution in [2.24, 2.45) is 0 Å². The summed E-state index contributed by atoms with van der Waals surface area (Å²) in [6, 6.07) is 7.97. The van der Waals surface area contributed by atoms with E-state index in [1.165, 1.54) is 12.1 Å². The van der Waals surface area contributed by atoms with Gasteiger partial charge in [-0.2, -0.15) is 0 Å². The minimum atomic E-state index is -5.61. The van der Waals surface area contributed by atoms with Crippen molar-refractivity contribution in [3.05, 3.63) is 35.9 Å². The summed E-state index contributed by atoms with van der Waals surface area (Å²) in [5.74, 6) is 0. The zero-order chi connectivity index (χ0) is 10.6. The molecule has 0 bridgehead atoms. The van der Waals surface area contributed by atoms with E-state index < -0.39 is 19.6 Å². The number of carbonyl (C=O) groups excluding carboxylic acids is 1. The number of benzene rings is 1. The molecule has 0 aliphatic carbocycles. The molecule has 0 aromatic heterocycles. The van der Waals surface area contributed by atoms with Crippen LogP contribution in [-0.2, 0) is 0 Å². The molecular weight excluding hydrogens is 229 g/mol. The third kappa shape index (κ3) is 3.97. The van der Waals surface area contributed by atoms with E-state index in [0.29, 0.717) is 17.3 Å². The number of halogens is 3. The van der Waals surface area contributed by atoms with E-state index in [4.69, 9.17) is 0 Å². The largest absolute Gasteiger partial charge is 0.627 e. The Morgan fingerprint density at radius 2 is 1.79 bits per heavy atom. The Balaban J connectivity index is 2.52. The van der Waals surface area contributed by atoms with Gasteiger partial charge in [0.15, 0.2) is 0 Å². The lowest BCUT2D eigenvalue weighted by Crippen LogP contribution is -2.20. The maximum atomic E-state index is 11.9. The highest BCUT2D eigenvalue weighted by molar-refractivity contribution is 8.15. The summed E-state index contributed by atoms with van der Waals surface area (Å²) in [6.07, 6.45) is 0. The zero-order valence-electron chi connectivity index (χ0n) is 7.04. The van der Waals surface area contributed by atoms with Crippen LogP contribution in [0.2, 0.25) is 0 Å². The second-order valence-electron chi connectivity index (χ2n) is 2.56. The van der Waals surface area contributed by atoms with Gasteiger partial charge in [-0.05, 0) is 0 Å². The van der Waals surface area contributed by atoms with Crippen molar-refractivity contribution in [1.29, 1.82) is 0 Å². The Morgan fingerprint density at radius 1 is 1.21 bits per heavy atom.